The Hall–Kier alpha value is -2.61. The fourth-order valence-corrected chi connectivity index (χ4v) is 1.23. The number of anilines is 1. The van der Waals surface area contributed by atoms with Crippen molar-refractivity contribution in [1.29, 1.82) is 0 Å². The molecule has 2 rings (SSSR count). The zero-order chi connectivity index (χ0) is 12.3. The Labute approximate surface area is 95.6 Å². The van der Waals surface area contributed by atoms with Crippen LogP contribution in [0.15, 0.2) is 30.5 Å². The highest BCUT2D eigenvalue weighted by Crippen LogP contribution is 2.19. The van der Waals surface area contributed by atoms with Gasteiger partial charge >= 0.3 is 0 Å². The average Bonchev–Trinajstić information content (AvgIpc) is 2.39. The van der Waals surface area contributed by atoms with Crippen molar-refractivity contribution in [3.8, 4) is 11.3 Å². The van der Waals surface area contributed by atoms with Crippen LogP contribution in [0.25, 0.3) is 11.3 Å². The number of rotatable bonds is 3. The van der Waals surface area contributed by atoms with Gasteiger partial charge in [-0.3, -0.25) is 15.5 Å². The van der Waals surface area contributed by atoms with Crippen LogP contribution in [0.4, 0.5) is 11.6 Å². The van der Waals surface area contributed by atoms with Crippen molar-refractivity contribution < 1.29 is 4.92 Å². The molecular weight excluding hydrogens is 224 g/mol. The number of hydrazine groups is 1. The number of nitro groups is 1. The van der Waals surface area contributed by atoms with Crippen LogP contribution in [0.2, 0.25) is 0 Å². The summed E-state index contributed by atoms with van der Waals surface area (Å²) in [5, 5.41) is 18.0. The Balaban J connectivity index is 2.29. The second kappa shape index (κ2) is 4.49. The van der Waals surface area contributed by atoms with Gasteiger partial charge < -0.3 is 0 Å². The van der Waals surface area contributed by atoms with Gasteiger partial charge in [-0.1, -0.05) is 0 Å². The SMILES string of the molecule is NNc1ncc(-c2ccc([N+](=O)[O-])cc2)nn1. The molecule has 1 heterocycles. The first-order chi connectivity index (χ1) is 8.20. The summed E-state index contributed by atoms with van der Waals surface area (Å²) < 4.78 is 0. The van der Waals surface area contributed by atoms with Gasteiger partial charge in [0, 0.05) is 17.7 Å². The van der Waals surface area contributed by atoms with Crippen molar-refractivity contribution in [3.05, 3.63) is 40.6 Å². The van der Waals surface area contributed by atoms with Crippen LogP contribution in [-0.4, -0.2) is 20.1 Å². The molecule has 8 heteroatoms. The van der Waals surface area contributed by atoms with Gasteiger partial charge in [0.1, 0.15) is 5.69 Å². The Morgan fingerprint density at radius 2 is 1.94 bits per heavy atom. The fourth-order valence-electron chi connectivity index (χ4n) is 1.23. The minimum atomic E-state index is -0.463. The lowest BCUT2D eigenvalue weighted by Crippen LogP contribution is -2.11. The molecule has 3 N–H and O–H groups in total. The van der Waals surface area contributed by atoms with Gasteiger partial charge in [0.2, 0.25) is 0 Å². The van der Waals surface area contributed by atoms with Gasteiger partial charge in [0.25, 0.3) is 11.6 Å². The second-order valence-electron chi connectivity index (χ2n) is 3.12. The topological polar surface area (TPSA) is 120 Å². The largest absolute Gasteiger partial charge is 0.291 e. The lowest BCUT2D eigenvalue weighted by Gasteiger charge is -2.00. The number of aromatic nitrogens is 3. The number of non-ortho nitro benzene ring substituents is 1. The number of hydrogen-bond donors (Lipinski definition) is 2. The van der Waals surface area contributed by atoms with Crippen molar-refractivity contribution in [1.82, 2.24) is 15.2 Å². The van der Waals surface area contributed by atoms with E-state index >= 15 is 0 Å². The summed E-state index contributed by atoms with van der Waals surface area (Å²) in [5.41, 5.74) is 3.49. The molecule has 0 saturated carbocycles. The standard InChI is InChI=1S/C9H8N6O2/c10-12-9-11-5-8(13-14-9)6-1-3-7(4-2-6)15(16)17/h1-5H,10H2,(H,11,12,14). The van der Waals surface area contributed by atoms with Crippen molar-refractivity contribution in [2.24, 2.45) is 5.84 Å². The van der Waals surface area contributed by atoms with E-state index in [9.17, 15) is 10.1 Å². The molecule has 0 aliphatic carbocycles. The Bertz CT molecular complexity index is 524. The molecule has 0 aliphatic heterocycles. The molecule has 1 aromatic heterocycles. The van der Waals surface area contributed by atoms with Gasteiger partial charge in [-0.05, 0) is 12.1 Å². The third kappa shape index (κ3) is 2.32. The molecule has 86 valence electrons. The van der Waals surface area contributed by atoms with E-state index in [0.29, 0.717) is 11.3 Å². The van der Waals surface area contributed by atoms with Gasteiger partial charge in [-0.15, -0.1) is 10.2 Å². The predicted octanol–water partition coefficient (Wildman–Crippen LogP) is 0.732. The van der Waals surface area contributed by atoms with Crippen LogP contribution in [0.3, 0.4) is 0 Å². The molecule has 0 atom stereocenters. The highest BCUT2D eigenvalue weighted by Gasteiger charge is 2.06. The first-order valence-electron chi connectivity index (χ1n) is 4.62. The maximum atomic E-state index is 10.5. The third-order valence-corrected chi connectivity index (χ3v) is 2.06. The Morgan fingerprint density at radius 3 is 2.41 bits per heavy atom. The smallest absolute Gasteiger partial charge is 0.269 e. The zero-order valence-electron chi connectivity index (χ0n) is 8.57. The summed E-state index contributed by atoms with van der Waals surface area (Å²) in [6, 6.07) is 5.96. The first-order valence-corrected chi connectivity index (χ1v) is 4.62. The molecule has 2 aromatic rings. The van der Waals surface area contributed by atoms with Gasteiger partial charge in [-0.2, -0.15) is 0 Å². The maximum Gasteiger partial charge on any atom is 0.269 e. The van der Waals surface area contributed by atoms with Gasteiger partial charge in [0.15, 0.2) is 0 Å². The highest BCUT2D eigenvalue weighted by molar-refractivity contribution is 5.59. The Kier molecular flexibility index (Phi) is 2.88. The van der Waals surface area contributed by atoms with E-state index in [1.807, 2.05) is 0 Å². The molecule has 1 aromatic carbocycles. The number of nitrogens with one attached hydrogen (secondary N) is 1. The van der Waals surface area contributed by atoms with Crippen LogP contribution in [0, 0.1) is 10.1 Å². The molecule has 8 nitrogen and oxygen atoms in total. The minimum absolute atomic E-state index is 0.0231. The van der Waals surface area contributed by atoms with E-state index in [1.165, 1.54) is 18.3 Å². The van der Waals surface area contributed by atoms with Crippen LogP contribution < -0.4 is 11.3 Å². The summed E-state index contributed by atoms with van der Waals surface area (Å²) in [5.74, 6) is 5.31. The minimum Gasteiger partial charge on any atom is -0.291 e. The quantitative estimate of drug-likeness (QED) is 0.454. The molecule has 0 unspecified atom stereocenters. The number of hydrogen-bond acceptors (Lipinski definition) is 7. The number of nitrogens with zero attached hydrogens (tertiary/aromatic N) is 4. The van der Waals surface area contributed by atoms with E-state index in [-0.39, 0.29) is 11.6 Å². The van der Waals surface area contributed by atoms with Gasteiger partial charge in [-0.25, -0.2) is 10.8 Å². The van der Waals surface area contributed by atoms with Crippen LogP contribution >= 0.6 is 0 Å². The Morgan fingerprint density at radius 1 is 1.24 bits per heavy atom. The van der Waals surface area contributed by atoms with E-state index in [2.05, 4.69) is 20.6 Å². The van der Waals surface area contributed by atoms with Crippen molar-refractivity contribution in [3.63, 3.8) is 0 Å². The number of nitro benzene ring substituents is 1. The first kappa shape index (κ1) is 10.9. The highest BCUT2D eigenvalue weighted by atomic mass is 16.6. The number of nitrogen functional groups attached to an aromatic ring is 1. The molecule has 0 amide bonds. The zero-order valence-corrected chi connectivity index (χ0v) is 8.57. The van der Waals surface area contributed by atoms with Gasteiger partial charge in [0.05, 0.1) is 11.1 Å². The molecule has 17 heavy (non-hydrogen) atoms. The van der Waals surface area contributed by atoms with E-state index in [4.69, 9.17) is 5.84 Å². The van der Waals surface area contributed by atoms with Crippen LogP contribution in [0.5, 0.6) is 0 Å². The molecular formula is C9H8N6O2. The summed E-state index contributed by atoms with van der Waals surface area (Å²) in [4.78, 5) is 13.9. The summed E-state index contributed by atoms with van der Waals surface area (Å²) in [6.07, 6.45) is 1.48. The predicted molar refractivity (Wildman–Crippen MR) is 59.7 cm³/mol. The number of nitrogens with two attached hydrogens (primary N) is 1. The van der Waals surface area contributed by atoms with Crippen LogP contribution in [-0.2, 0) is 0 Å². The monoisotopic (exact) mass is 232 g/mol. The molecule has 0 radical (unpaired) electrons. The second-order valence-corrected chi connectivity index (χ2v) is 3.12. The third-order valence-electron chi connectivity index (χ3n) is 2.06. The number of benzene rings is 1. The molecule has 0 bridgehead atoms. The van der Waals surface area contributed by atoms with Crippen molar-refractivity contribution in [2.45, 2.75) is 0 Å². The fraction of sp³-hybridized carbons (Fsp3) is 0. The lowest BCUT2D eigenvalue weighted by molar-refractivity contribution is -0.384. The maximum absolute atomic E-state index is 10.5. The lowest BCUT2D eigenvalue weighted by atomic mass is 10.1. The normalized spacial score (nSPS) is 9.94. The molecule has 0 spiro atoms. The van der Waals surface area contributed by atoms with E-state index in [0.717, 1.165) is 0 Å². The molecule has 0 saturated heterocycles. The van der Waals surface area contributed by atoms with Crippen LogP contribution in [0.1, 0.15) is 0 Å². The molecule has 0 fully saturated rings. The van der Waals surface area contributed by atoms with Crippen molar-refractivity contribution in [2.75, 3.05) is 5.43 Å². The molecule has 0 aliphatic rings. The van der Waals surface area contributed by atoms with E-state index < -0.39 is 4.92 Å². The summed E-state index contributed by atoms with van der Waals surface area (Å²) >= 11 is 0. The van der Waals surface area contributed by atoms with E-state index in [1.54, 1.807) is 12.1 Å². The van der Waals surface area contributed by atoms with Crippen molar-refractivity contribution >= 4 is 11.6 Å². The summed E-state index contributed by atoms with van der Waals surface area (Å²) in [6.45, 7) is 0. The summed E-state index contributed by atoms with van der Waals surface area (Å²) in [7, 11) is 0. The average molecular weight is 232 g/mol.